The fraction of sp³-hybridized carbons (Fsp3) is 0.0800. The Bertz CT molecular complexity index is 1530. The molecule has 0 aliphatic carbocycles. The standard InChI is InChI=1S/C25H22N8O/c1-4-24(34)32-23-10-16(8-21(31-23)18-12-30-33(3)14-18)17-7-19-20(13-29-25(19)28-11-17)15-5-6-27-22(9-15)26-2/h4-14H,1H2,2-3H3,(H,26,27)(H,28,29)(H,31,32,34). The van der Waals surface area contributed by atoms with E-state index >= 15 is 0 Å². The van der Waals surface area contributed by atoms with Crippen LogP contribution in [0.15, 0.2) is 74.0 Å². The van der Waals surface area contributed by atoms with Crippen LogP contribution in [-0.4, -0.2) is 42.7 Å². The van der Waals surface area contributed by atoms with Crippen LogP contribution in [0.1, 0.15) is 0 Å². The first kappa shape index (κ1) is 21.1. The van der Waals surface area contributed by atoms with E-state index in [2.05, 4.69) is 48.3 Å². The highest BCUT2D eigenvalue weighted by atomic mass is 16.1. The van der Waals surface area contributed by atoms with Gasteiger partial charge in [-0.05, 0) is 47.5 Å². The molecule has 0 aliphatic rings. The number of amides is 1. The third-order valence-corrected chi connectivity index (χ3v) is 5.45. The Hall–Kier alpha value is -4.79. The van der Waals surface area contributed by atoms with Gasteiger partial charge in [0.25, 0.3) is 0 Å². The van der Waals surface area contributed by atoms with Crippen molar-refractivity contribution >= 4 is 28.6 Å². The van der Waals surface area contributed by atoms with Crippen molar-refractivity contribution in [3.8, 4) is 33.5 Å². The van der Waals surface area contributed by atoms with Gasteiger partial charge in [-0.15, -0.1) is 0 Å². The molecule has 9 nitrogen and oxygen atoms in total. The molecule has 0 spiro atoms. The highest BCUT2D eigenvalue weighted by molar-refractivity contribution is 5.99. The summed E-state index contributed by atoms with van der Waals surface area (Å²) in [7, 11) is 3.69. The molecule has 168 valence electrons. The highest BCUT2D eigenvalue weighted by Crippen LogP contribution is 2.33. The number of anilines is 2. The number of nitrogens with zero attached hydrogens (tertiary/aromatic N) is 5. The van der Waals surface area contributed by atoms with Gasteiger partial charge in [0.2, 0.25) is 5.91 Å². The number of carbonyl (C=O) groups is 1. The number of aromatic amines is 1. The van der Waals surface area contributed by atoms with E-state index in [0.717, 1.165) is 44.7 Å². The molecule has 0 unspecified atom stereocenters. The van der Waals surface area contributed by atoms with Gasteiger partial charge in [0, 0.05) is 61.0 Å². The van der Waals surface area contributed by atoms with Crippen LogP contribution in [-0.2, 0) is 11.8 Å². The number of pyridine rings is 3. The van der Waals surface area contributed by atoms with Crippen LogP contribution in [0.4, 0.5) is 11.6 Å². The fourth-order valence-corrected chi connectivity index (χ4v) is 3.77. The number of H-pyrrole nitrogens is 1. The van der Waals surface area contributed by atoms with E-state index in [4.69, 9.17) is 0 Å². The van der Waals surface area contributed by atoms with Gasteiger partial charge in [0.05, 0.1) is 11.9 Å². The number of rotatable bonds is 6. The topological polar surface area (TPSA) is 113 Å². The van der Waals surface area contributed by atoms with Crippen LogP contribution in [0.5, 0.6) is 0 Å². The Morgan fingerprint density at radius 3 is 2.68 bits per heavy atom. The molecule has 5 aromatic heterocycles. The van der Waals surface area contributed by atoms with Crippen LogP contribution in [0.25, 0.3) is 44.5 Å². The SMILES string of the molecule is C=CC(=O)Nc1cc(-c2cnc3[nH]cc(-c4ccnc(NC)c4)c3c2)cc(-c2cnn(C)c2)n1. The maximum Gasteiger partial charge on any atom is 0.248 e. The van der Waals surface area contributed by atoms with Crippen LogP contribution >= 0.6 is 0 Å². The number of hydrogen-bond acceptors (Lipinski definition) is 6. The average Bonchev–Trinajstić information content (AvgIpc) is 3.49. The Balaban J connectivity index is 1.64. The van der Waals surface area contributed by atoms with Gasteiger partial charge in [0.1, 0.15) is 17.3 Å². The van der Waals surface area contributed by atoms with Crippen molar-refractivity contribution in [2.45, 2.75) is 0 Å². The Morgan fingerprint density at radius 1 is 1.06 bits per heavy atom. The van der Waals surface area contributed by atoms with Crippen molar-refractivity contribution in [3.05, 3.63) is 74.0 Å². The molecule has 0 fully saturated rings. The minimum absolute atomic E-state index is 0.332. The summed E-state index contributed by atoms with van der Waals surface area (Å²) < 4.78 is 1.71. The van der Waals surface area contributed by atoms with Crippen molar-refractivity contribution in [1.82, 2.24) is 29.7 Å². The molecule has 3 N–H and O–H groups in total. The van der Waals surface area contributed by atoms with Crippen molar-refractivity contribution in [2.24, 2.45) is 7.05 Å². The molecule has 5 rings (SSSR count). The lowest BCUT2D eigenvalue weighted by Gasteiger charge is -2.09. The van der Waals surface area contributed by atoms with Gasteiger partial charge < -0.3 is 15.6 Å². The van der Waals surface area contributed by atoms with Gasteiger partial charge in [-0.3, -0.25) is 9.48 Å². The molecular weight excluding hydrogens is 428 g/mol. The molecule has 9 heteroatoms. The van der Waals surface area contributed by atoms with E-state index in [1.54, 1.807) is 23.3 Å². The summed E-state index contributed by atoms with van der Waals surface area (Å²) in [4.78, 5) is 28.7. The van der Waals surface area contributed by atoms with Crippen LogP contribution in [0.3, 0.4) is 0 Å². The van der Waals surface area contributed by atoms with Gasteiger partial charge in [-0.2, -0.15) is 5.10 Å². The van der Waals surface area contributed by atoms with E-state index in [0.29, 0.717) is 11.5 Å². The first-order chi connectivity index (χ1) is 16.5. The van der Waals surface area contributed by atoms with E-state index in [1.165, 1.54) is 6.08 Å². The van der Waals surface area contributed by atoms with Gasteiger partial charge in [0.15, 0.2) is 0 Å². The zero-order chi connectivity index (χ0) is 23.7. The summed E-state index contributed by atoms with van der Waals surface area (Å²) in [5, 5.41) is 11.1. The van der Waals surface area contributed by atoms with Gasteiger partial charge in [-0.25, -0.2) is 15.0 Å². The van der Waals surface area contributed by atoms with E-state index < -0.39 is 0 Å². The maximum atomic E-state index is 12.0. The first-order valence-electron chi connectivity index (χ1n) is 10.6. The molecular formula is C25H22N8O. The van der Waals surface area contributed by atoms with Crippen molar-refractivity contribution in [3.63, 3.8) is 0 Å². The minimum atomic E-state index is -0.332. The number of fused-ring (bicyclic) bond motifs is 1. The molecule has 0 aliphatic heterocycles. The number of aromatic nitrogens is 6. The van der Waals surface area contributed by atoms with Crippen LogP contribution in [0.2, 0.25) is 0 Å². The molecule has 0 aromatic carbocycles. The largest absolute Gasteiger partial charge is 0.373 e. The molecule has 0 radical (unpaired) electrons. The lowest BCUT2D eigenvalue weighted by Crippen LogP contribution is -2.09. The lowest BCUT2D eigenvalue weighted by atomic mass is 10.0. The minimum Gasteiger partial charge on any atom is -0.373 e. The monoisotopic (exact) mass is 450 g/mol. The molecule has 34 heavy (non-hydrogen) atoms. The highest BCUT2D eigenvalue weighted by Gasteiger charge is 2.13. The number of hydrogen-bond donors (Lipinski definition) is 3. The summed E-state index contributed by atoms with van der Waals surface area (Å²) in [5.41, 5.74) is 6.10. The quantitative estimate of drug-likeness (QED) is 0.333. The Labute approximate surface area is 195 Å². The van der Waals surface area contributed by atoms with Crippen LogP contribution in [0, 0.1) is 0 Å². The van der Waals surface area contributed by atoms with E-state index in [9.17, 15) is 4.79 Å². The average molecular weight is 451 g/mol. The zero-order valence-electron chi connectivity index (χ0n) is 18.7. The summed E-state index contributed by atoms with van der Waals surface area (Å²) >= 11 is 0. The molecule has 0 saturated heterocycles. The second-order valence-corrected chi connectivity index (χ2v) is 7.72. The molecule has 1 amide bonds. The molecule has 5 heterocycles. The number of nitrogens with one attached hydrogen (secondary N) is 3. The summed E-state index contributed by atoms with van der Waals surface area (Å²) in [5.74, 6) is 0.874. The van der Waals surface area contributed by atoms with Crippen molar-refractivity contribution in [1.29, 1.82) is 0 Å². The molecule has 5 aromatic rings. The summed E-state index contributed by atoms with van der Waals surface area (Å²) in [6, 6.07) is 9.82. The van der Waals surface area contributed by atoms with Gasteiger partial charge in [-0.1, -0.05) is 6.58 Å². The third kappa shape index (κ3) is 4.02. The lowest BCUT2D eigenvalue weighted by molar-refractivity contribution is -0.111. The maximum absolute atomic E-state index is 12.0. The second kappa shape index (κ2) is 8.62. The van der Waals surface area contributed by atoms with E-state index in [-0.39, 0.29) is 5.91 Å². The summed E-state index contributed by atoms with van der Waals surface area (Å²) in [6.45, 7) is 3.52. The fourth-order valence-electron chi connectivity index (χ4n) is 3.77. The second-order valence-electron chi connectivity index (χ2n) is 7.72. The number of carbonyl (C=O) groups excluding carboxylic acids is 1. The van der Waals surface area contributed by atoms with Gasteiger partial charge >= 0.3 is 0 Å². The summed E-state index contributed by atoms with van der Waals surface area (Å²) in [6.07, 6.45) is 10.3. The predicted octanol–water partition coefficient (Wildman–Crippen LogP) is 4.25. The predicted molar refractivity (Wildman–Crippen MR) is 133 cm³/mol. The Kier molecular flexibility index (Phi) is 5.35. The molecule has 0 saturated carbocycles. The number of aryl methyl sites for hydroxylation is 1. The normalized spacial score (nSPS) is 10.9. The first-order valence-corrected chi connectivity index (χ1v) is 10.6. The zero-order valence-corrected chi connectivity index (χ0v) is 18.7. The van der Waals surface area contributed by atoms with Crippen molar-refractivity contribution in [2.75, 3.05) is 17.7 Å². The van der Waals surface area contributed by atoms with Crippen molar-refractivity contribution < 1.29 is 4.79 Å². The smallest absolute Gasteiger partial charge is 0.248 e. The molecule has 0 bridgehead atoms. The Morgan fingerprint density at radius 2 is 1.91 bits per heavy atom. The molecule has 0 atom stereocenters. The van der Waals surface area contributed by atoms with Crippen LogP contribution < -0.4 is 10.6 Å². The third-order valence-electron chi connectivity index (χ3n) is 5.45. The van der Waals surface area contributed by atoms with E-state index in [1.807, 2.05) is 50.8 Å².